The Hall–Kier alpha value is -1.08. The molecule has 0 saturated heterocycles. The minimum absolute atomic E-state index is 0.00685. The van der Waals surface area contributed by atoms with Crippen LogP contribution in [0.2, 0.25) is 0 Å². The smallest absolute Gasteiger partial charge is 0.220 e. The molecule has 0 fully saturated rings. The summed E-state index contributed by atoms with van der Waals surface area (Å²) in [6, 6.07) is 2.06. The van der Waals surface area contributed by atoms with Crippen molar-refractivity contribution in [3.63, 3.8) is 0 Å². The maximum Gasteiger partial charge on any atom is 0.220 e. The first kappa shape index (κ1) is 12.9. The van der Waals surface area contributed by atoms with E-state index >= 15 is 0 Å². The van der Waals surface area contributed by atoms with Gasteiger partial charge in [0.1, 0.15) is 0 Å². The quantitative estimate of drug-likeness (QED) is 0.655. The lowest BCUT2D eigenvalue weighted by Gasteiger charge is -2.09. The Balaban J connectivity index is 3.52. The van der Waals surface area contributed by atoms with E-state index in [0.717, 1.165) is 6.42 Å². The summed E-state index contributed by atoms with van der Waals surface area (Å²) in [5, 5.41) is 11.2. The van der Waals surface area contributed by atoms with Crippen molar-refractivity contribution in [1.29, 1.82) is 5.26 Å². The molecule has 0 saturated carbocycles. The van der Waals surface area contributed by atoms with Gasteiger partial charge >= 0.3 is 0 Å². The van der Waals surface area contributed by atoms with Crippen LogP contribution in [0.15, 0.2) is 0 Å². The summed E-state index contributed by atoms with van der Waals surface area (Å²) in [6.07, 6.45) is 1.31. The first-order chi connectivity index (χ1) is 6.60. The molecule has 0 rings (SSSR count). The van der Waals surface area contributed by atoms with Gasteiger partial charge < -0.3 is 11.1 Å². The first-order valence-electron chi connectivity index (χ1n) is 4.96. The Bertz CT molecular complexity index is 210. The lowest BCUT2D eigenvalue weighted by atomic mass is 10.1. The maximum atomic E-state index is 11.2. The molecule has 0 aliphatic carbocycles. The van der Waals surface area contributed by atoms with E-state index in [1.54, 1.807) is 6.92 Å². The topological polar surface area (TPSA) is 78.9 Å². The summed E-state index contributed by atoms with van der Waals surface area (Å²) >= 11 is 0. The van der Waals surface area contributed by atoms with Gasteiger partial charge in [0.05, 0.1) is 12.0 Å². The zero-order valence-electron chi connectivity index (χ0n) is 8.92. The Morgan fingerprint density at radius 3 is 2.71 bits per heavy atom. The third kappa shape index (κ3) is 6.44. The molecule has 4 heteroatoms. The summed E-state index contributed by atoms with van der Waals surface area (Å²) < 4.78 is 0. The highest BCUT2D eigenvalue weighted by Crippen LogP contribution is 2.02. The van der Waals surface area contributed by atoms with Gasteiger partial charge in [-0.25, -0.2) is 0 Å². The van der Waals surface area contributed by atoms with E-state index in [0.29, 0.717) is 25.4 Å². The van der Waals surface area contributed by atoms with Crippen molar-refractivity contribution in [2.75, 3.05) is 13.1 Å². The van der Waals surface area contributed by atoms with Crippen LogP contribution in [0.1, 0.15) is 26.7 Å². The molecule has 2 atom stereocenters. The van der Waals surface area contributed by atoms with Crippen molar-refractivity contribution in [1.82, 2.24) is 5.32 Å². The number of nitrogens with two attached hydrogens (primary N) is 1. The van der Waals surface area contributed by atoms with Gasteiger partial charge in [0.15, 0.2) is 0 Å². The standard InChI is InChI=1S/C10H19N3O/c1-8(5-11)3-4-10(14)13-7-9(2)6-12/h8-9H,3-5,7,11H2,1-2H3,(H,13,14). The Morgan fingerprint density at radius 2 is 2.21 bits per heavy atom. The van der Waals surface area contributed by atoms with Crippen molar-refractivity contribution in [3.05, 3.63) is 0 Å². The number of carbonyl (C=O) groups excluding carboxylic acids is 1. The highest BCUT2D eigenvalue weighted by Gasteiger charge is 2.06. The number of amides is 1. The molecule has 80 valence electrons. The highest BCUT2D eigenvalue weighted by molar-refractivity contribution is 5.75. The van der Waals surface area contributed by atoms with Crippen molar-refractivity contribution >= 4 is 5.91 Å². The second kappa shape index (κ2) is 7.34. The maximum absolute atomic E-state index is 11.2. The largest absolute Gasteiger partial charge is 0.355 e. The molecule has 0 radical (unpaired) electrons. The second-order valence-electron chi connectivity index (χ2n) is 3.71. The van der Waals surface area contributed by atoms with E-state index in [4.69, 9.17) is 11.0 Å². The van der Waals surface area contributed by atoms with Crippen LogP contribution in [0.25, 0.3) is 0 Å². The fraction of sp³-hybridized carbons (Fsp3) is 0.800. The number of hydrogen-bond donors (Lipinski definition) is 2. The van der Waals surface area contributed by atoms with Crippen molar-refractivity contribution in [3.8, 4) is 6.07 Å². The van der Waals surface area contributed by atoms with Gasteiger partial charge in [0.25, 0.3) is 0 Å². The average Bonchev–Trinajstić information content (AvgIpc) is 2.22. The second-order valence-corrected chi connectivity index (χ2v) is 3.71. The van der Waals surface area contributed by atoms with Crippen molar-refractivity contribution < 1.29 is 4.79 Å². The average molecular weight is 197 g/mol. The van der Waals surface area contributed by atoms with Gasteiger partial charge in [0.2, 0.25) is 5.91 Å². The van der Waals surface area contributed by atoms with Crippen molar-refractivity contribution in [2.45, 2.75) is 26.7 Å². The SMILES string of the molecule is CC(C#N)CNC(=O)CCC(C)CN. The predicted octanol–water partition coefficient (Wildman–Crippen LogP) is 0.637. The van der Waals surface area contributed by atoms with Gasteiger partial charge in [-0.2, -0.15) is 5.26 Å². The molecule has 0 aromatic rings. The van der Waals surface area contributed by atoms with E-state index in [9.17, 15) is 4.79 Å². The predicted molar refractivity (Wildman–Crippen MR) is 55.2 cm³/mol. The monoisotopic (exact) mass is 197 g/mol. The lowest BCUT2D eigenvalue weighted by molar-refractivity contribution is -0.121. The summed E-state index contributed by atoms with van der Waals surface area (Å²) in [7, 11) is 0. The Kier molecular flexibility index (Phi) is 6.77. The third-order valence-corrected chi connectivity index (χ3v) is 2.09. The van der Waals surface area contributed by atoms with Crippen LogP contribution in [0.5, 0.6) is 0 Å². The van der Waals surface area contributed by atoms with Gasteiger partial charge in [-0.3, -0.25) is 4.79 Å². The first-order valence-corrected chi connectivity index (χ1v) is 4.96. The van der Waals surface area contributed by atoms with Crippen LogP contribution >= 0.6 is 0 Å². The van der Waals surface area contributed by atoms with Gasteiger partial charge in [-0.1, -0.05) is 6.92 Å². The molecular formula is C10H19N3O. The van der Waals surface area contributed by atoms with Crippen molar-refractivity contribution in [2.24, 2.45) is 17.6 Å². The molecule has 0 aromatic heterocycles. The summed E-state index contributed by atoms with van der Waals surface area (Å²) in [5.41, 5.74) is 5.43. The summed E-state index contributed by atoms with van der Waals surface area (Å²) in [4.78, 5) is 11.2. The molecule has 0 bridgehead atoms. The zero-order chi connectivity index (χ0) is 11.0. The number of nitrogens with one attached hydrogen (secondary N) is 1. The minimum atomic E-state index is -0.120. The molecular weight excluding hydrogens is 178 g/mol. The van der Waals surface area contributed by atoms with E-state index in [-0.39, 0.29) is 11.8 Å². The van der Waals surface area contributed by atoms with Crippen LogP contribution < -0.4 is 11.1 Å². The Labute approximate surface area is 85.5 Å². The van der Waals surface area contributed by atoms with E-state index in [2.05, 4.69) is 11.4 Å². The van der Waals surface area contributed by atoms with E-state index in [1.165, 1.54) is 0 Å². The molecule has 0 aliphatic rings. The van der Waals surface area contributed by atoms with Crippen LogP contribution in [0.4, 0.5) is 0 Å². The van der Waals surface area contributed by atoms with E-state index in [1.807, 2.05) is 6.92 Å². The number of nitriles is 1. The molecule has 0 spiro atoms. The zero-order valence-corrected chi connectivity index (χ0v) is 8.92. The highest BCUT2D eigenvalue weighted by atomic mass is 16.1. The van der Waals surface area contributed by atoms with Crippen LogP contribution in [-0.4, -0.2) is 19.0 Å². The van der Waals surface area contributed by atoms with Crippen LogP contribution in [-0.2, 0) is 4.79 Å². The molecule has 14 heavy (non-hydrogen) atoms. The molecule has 4 nitrogen and oxygen atoms in total. The fourth-order valence-corrected chi connectivity index (χ4v) is 0.896. The summed E-state index contributed by atoms with van der Waals surface area (Å²) in [6.45, 7) is 4.85. The number of rotatable bonds is 6. The Morgan fingerprint density at radius 1 is 1.57 bits per heavy atom. The molecule has 0 aromatic carbocycles. The normalized spacial score (nSPS) is 14.1. The molecule has 2 unspecified atom stereocenters. The lowest BCUT2D eigenvalue weighted by Crippen LogP contribution is -2.28. The number of hydrogen-bond acceptors (Lipinski definition) is 3. The minimum Gasteiger partial charge on any atom is -0.355 e. The van der Waals surface area contributed by atoms with Gasteiger partial charge in [-0.05, 0) is 25.8 Å². The van der Waals surface area contributed by atoms with Crippen LogP contribution in [0.3, 0.4) is 0 Å². The fourth-order valence-electron chi connectivity index (χ4n) is 0.896. The van der Waals surface area contributed by atoms with Gasteiger partial charge in [0, 0.05) is 13.0 Å². The molecule has 3 N–H and O–H groups in total. The summed E-state index contributed by atoms with van der Waals surface area (Å²) in [5.74, 6) is 0.271. The number of nitrogens with zero attached hydrogens (tertiary/aromatic N) is 1. The van der Waals surface area contributed by atoms with Crippen LogP contribution in [0, 0.1) is 23.2 Å². The van der Waals surface area contributed by atoms with E-state index < -0.39 is 0 Å². The molecule has 0 heterocycles. The number of carbonyl (C=O) groups is 1. The molecule has 0 aliphatic heterocycles. The third-order valence-electron chi connectivity index (χ3n) is 2.09. The van der Waals surface area contributed by atoms with Gasteiger partial charge in [-0.15, -0.1) is 0 Å². The molecule has 1 amide bonds.